The maximum absolute atomic E-state index is 12.8. The molecule has 2 atom stereocenters. The van der Waals surface area contributed by atoms with E-state index in [9.17, 15) is 4.79 Å². The van der Waals surface area contributed by atoms with Gasteiger partial charge in [-0.2, -0.15) is 4.68 Å². The lowest BCUT2D eigenvalue weighted by atomic mass is 9.94. The predicted octanol–water partition coefficient (Wildman–Crippen LogP) is 0.682. The number of nitrogens with two attached hydrogens (primary N) is 1. The number of para-hydroxylation sites is 1. The Balaban J connectivity index is 1.34. The summed E-state index contributed by atoms with van der Waals surface area (Å²) in [5.74, 6) is 1.62. The van der Waals surface area contributed by atoms with Crippen molar-refractivity contribution in [3.8, 4) is 5.69 Å². The zero-order valence-corrected chi connectivity index (χ0v) is 15.6. The standard InChI is InChI=1S/C19H27N7O/c20-13-15-5-4-8-17(15)19(27)25-11-9-24(10-12-25)14-18-21-22-23-26(18)16-6-2-1-3-7-16/h1-3,6-7,15,17H,4-5,8-14,20H2/t15-,17-/m1/s1. The van der Waals surface area contributed by atoms with Gasteiger partial charge in [-0.1, -0.05) is 24.6 Å². The molecule has 2 aliphatic rings. The largest absolute Gasteiger partial charge is 0.340 e. The molecule has 2 N–H and O–H groups in total. The monoisotopic (exact) mass is 369 g/mol. The van der Waals surface area contributed by atoms with E-state index in [0.29, 0.717) is 24.9 Å². The summed E-state index contributed by atoms with van der Waals surface area (Å²) < 4.78 is 1.78. The number of nitrogens with zero attached hydrogens (tertiary/aromatic N) is 6. The fourth-order valence-corrected chi connectivity index (χ4v) is 4.28. The van der Waals surface area contributed by atoms with Gasteiger partial charge in [0.1, 0.15) is 0 Å². The van der Waals surface area contributed by atoms with E-state index >= 15 is 0 Å². The van der Waals surface area contributed by atoms with E-state index in [0.717, 1.165) is 57.0 Å². The fraction of sp³-hybridized carbons (Fsp3) is 0.579. The summed E-state index contributed by atoms with van der Waals surface area (Å²) in [6, 6.07) is 9.91. The van der Waals surface area contributed by atoms with Crippen LogP contribution in [0.2, 0.25) is 0 Å². The number of piperazine rings is 1. The first kappa shape index (κ1) is 18.1. The predicted molar refractivity (Wildman–Crippen MR) is 101 cm³/mol. The quantitative estimate of drug-likeness (QED) is 0.833. The van der Waals surface area contributed by atoms with Gasteiger partial charge in [-0.3, -0.25) is 9.69 Å². The second-order valence-electron chi connectivity index (χ2n) is 7.48. The molecule has 0 bridgehead atoms. The molecule has 1 aromatic carbocycles. The van der Waals surface area contributed by atoms with Gasteiger partial charge in [0.05, 0.1) is 12.2 Å². The summed E-state index contributed by atoms with van der Waals surface area (Å²) in [5.41, 5.74) is 6.81. The number of benzene rings is 1. The van der Waals surface area contributed by atoms with Crippen molar-refractivity contribution >= 4 is 5.91 Å². The molecular formula is C19H27N7O. The van der Waals surface area contributed by atoms with Crippen LogP contribution in [0, 0.1) is 11.8 Å². The summed E-state index contributed by atoms with van der Waals surface area (Å²) in [4.78, 5) is 17.2. The molecule has 0 unspecified atom stereocenters. The number of hydrogen-bond acceptors (Lipinski definition) is 6. The highest BCUT2D eigenvalue weighted by Gasteiger charge is 2.35. The Labute approximate surface area is 159 Å². The van der Waals surface area contributed by atoms with Crippen LogP contribution in [-0.2, 0) is 11.3 Å². The van der Waals surface area contributed by atoms with Crippen LogP contribution in [0.5, 0.6) is 0 Å². The third kappa shape index (κ3) is 3.86. The average molecular weight is 369 g/mol. The molecule has 8 nitrogen and oxygen atoms in total. The van der Waals surface area contributed by atoms with E-state index < -0.39 is 0 Å². The van der Waals surface area contributed by atoms with Crippen molar-refractivity contribution in [3.63, 3.8) is 0 Å². The Kier molecular flexibility index (Phi) is 5.45. The van der Waals surface area contributed by atoms with Crippen LogP contribution in [0.4, 0.5) is 0 Å². The molecule has 0 radical (unpaired) electrons. The summed E-state index contributed by atoms with van der Waals surface area (Å²) in [6.07, 6.45) is 3.21. The number of tetrazole rings is 1. The second kappa shape index (κ2) is 8.14. The van der Waals surface area contributed by atoms with E-state index in [4.69, 9.17) is 5.73 Å². The van der Waals surface area contributed by atoms with Gasteiger partial charge in [0, 0.05) is 32.1 Å². The Hall–Kier alpha value is -2.32. The molecule has 144 valence electrons. The Morgan fingerprint density at radius 2 is 1.89 bits per heavy atom. The number of amides is 1. The van der Waals surface area contributed by atoms with Crippen LogP contribution >= 0.6 is 0 Å². The minimum absolute atomic E-state index is 0.131. The molecule has 4 rings (SSSR count). The Bertz CT molecular complexity index is 754. The smallest absolute Gasteiger partial charge is 0.226 e. The molecule has 2 heterocycles. The van der Waals surface area contributed by atoms with Crippen molar-refractivity contribution in [2.45, 2.75) is 25.8 Å². The van der Waals surface area contributed by atoms with Crippen molar-refractivity contribution < 1.29 is 4.79 Å². The zero-order chi connectivity index (χ0) is 18.6. The molecule has 1 saturated heterocycles. The molecular weight excluding hydrogens is 342 g/mol. The molecule has 0 spiro atoms. The highest BCUT2D eigenvalue weighted by atomic mass is 16.2. The lowest BCUT2D eigenvalue weighted by Crippen LogP contribution is -2.50. The van der Waals surface area contributed by atoms with Gasteiger partial charge in [-0.15, -0.1) is 5.10 Å². The number of carbonyl (C=O) groups is 1. The minimum atomic E-state index is 0.131. The third-order valence-corrected chi connectivity index (χ3v) is 5.86. The van der Waals surface area contributed by atoms with Crippen LogP contribution in [0.3, 0.4) is 0 Å². The second-order valence-corrected chi connectivity index (χ2v) is 7.48. The number of aromatic nitrogens is 4. The van der Waals surface area contributed by atoms with Crippen LogP contribution in [0.1, 0.15) is 25.1 Å². The average Bonchev–Trinajstić information content (AvgIpc) is 3.38. The van der Waals surface area contributed by atoms with Gasteiger partial charge in [0.25, 0.3) is 0 Å². The van der Waals surface area contributed by atoms with Crippen molar-refractivity contribution in [2.24, 2.45) is 17.6 Å². The number of carbonyl (C=O) groups excluding carboxylic acids is 1. The first-order valence-electron chi connectivity index (χ1n) is 9.80. The first-order chi connectivity index (χ1) is 13.3. The SMILES string of the molecule is NC[C@H]1CCC[C@H]1C(=O)N1CCN(Cc2nnnn2-c2ccccc2)CC1. The third-order valence-electron chi connectivity index (χ3n) is 5.86. The van der Waals surface area contributed by atoms with E-state index in [-0.39, 0.29) is 5.92 Å². The molecule has 1 aliphatic heterocycles. The van der Waals surface area contributed by atoms with Gasteiger partial charge in [0.15, 0.2) is 5.82 Å². The summed E-state index contributed by atoms with van der Waals surface area (Å²) in [7, 11) is 0. The van der Waals surface area contributed by atoms with Gasteiger partial charge >= 0.3 is 0 Å². The van der Waals surface area contributed by atoms with E-state index in [2.05, 4.69) is 20.4 Å². The van der Waals surface area contributed by atoms with Crippen LogP contribution in [-0.4, -0.2) is 68.6 Å². The van der Waals surface area contributed by atoms with Crippen LogP contribution in [0.15, 0.2) is 30.3 Å². The van der Waals surface area contributed by atoms with Gasteiger partial charge in [-0.05, 0) is 47.9 Å². The maximum atomic E-state index is 12.8. The minimum Gasteiger partial charge on any atom is -0.340 e. The topological polar surface area (TPSA) is 93.2 Å². The molecule has 1 amide bonds. The summed E-state index contributed by atoms with van der Waals surface area (Å²) >= 11 is 0. The number of rotatable bonds is 5. The van der Waals surface area contributed by atoms with Gasteiger partial charge in [0.2, 0.25) is 5.91 Å². The molecule has 27 heavy (non-hydrogen) atoms. The Morgan fingerprint density at radius 1 is 1.11 bits per heavy atom. The van der Waals surface area contributed by atoms with Gasteiger partial charge < -0.3 is 10.6 Å². The molecule has 8 heteroatoms. The highest BCUT2D eigenvalue weighted by Crippen LogP contribution is 2.32. The molecule has 1 saturated carbocycles. The van der Waals surface area contributed by atoms with Crippen molar-refractivity contribution in [1.29, 1.82) is 0 Å². The first-order valence-corrected chi connectivity index (χ1v) is 9.80. The lowest BCUT2D eigenvalue weighted by Gasteiger charge is -2.36. The molecule has 2 aromatic rings. The molecule has 1 aromatic heterocycles. The normalized spacial score (nSPS) is 23.7. The van der Waals surface area contributed by atoms with Crippen molar-refractivity contribution in [3.05, 3.63) is 36.2 Å². The van der Waals surface area contributed by atoms with Crippen molar-refractivity contribution in [1.82, 2.24) is 30.0 Å². The number of hydrogen-bond donors (Lipinski definition) is 1. The highest BCUT2D eigenvalue weighted by molar-refractivity contribution is 5.79. The van der Waals surface area contributed by atoms with Crippen molar-refractivity contribution in [2.75, 3.05) is 32.7 Å². The molecule has 2 fully saturated rings. The van der Waals surface area contributed by atoms with E-state index in [1.807, 2.05) is 35.2 Å². The lowest BCUT2D eigenvalue weighted by molar-refractivity contribution is -0.138. The van der Waals surface area contributed by atoms with E-state index in [1.165, 1.54) is 0 Å². The van der Waals surface area contributed by atoms with Crippen LogP contribution < -0.4 is 5.73 Å². The summed E-state index contributed by atoms with van der Waals surface area (Å²) in [6.45, 7) is 4.51. The molecule has 1 aliphatic carbocycles. The zero-order valence-electron chi connectivity index (χ0n) is 15.6. The Morgan fingerprint density at radius 3 is 2.63 bits per heavy atom. The fourth-order valence-electron chi connectivity index (χ4n) is 4.28. The maximum Gasteiger partial charge on any atom is 0.226 e. The van der Waals surface area contributed by atoms with E-state index in [1.54, 1.807) is 4.68 Å². The van der Waals surface area contributed by atoms with Gasteiger partial charge in [-0.25, -0.2) is 0 Å². The summed E-state index contributed by atoms with van der Waals surface area (Å²) in [5, 5.41) is 12.1. The van der Waals surface area contributed by atoms with Crippen LogP contribution in [0.25, 0.3) is 5.69 Å².